The number of carbonyl (C=O) groups is 1. The summed E-state index contributed by atoms with van der Waals surface area (Å²) in [6.07, 6.45) is 0. The molecule has 2 radical (unpaired) electrons. The Kier molecular flexibility index (Phi) is 5.12. The molecule has 2 rings (SSSR count). The maximum atomic E-state index is 11.6. The Hall–Kier alpha value is -1.18. The van der Waals surface area contributed by atoms with Crippen LogP contribution < -0.4 is 4.35 Å². The summed E-state index contributed by atoms with van der Waals surface area (Å²) < 4.78 is 6.01. The summed E-state index contributed by atoms with van der Waals surface area (Å²) in [6, 6.07) is 15.8. The molecule has 2 aromatic carbocycles. The summed E-state index contributed by atoms with van der Waals surface area (Å²) in [5.41, 5.74) is 0.592. The third kappa shape index (κ3) is 3.89. The summed E-state index contributed by atoms with van der Waals surface area (Å²) in [6.45, 7) is 2.20. The number of hydrogen-bond donors (Lipinski definition) is 0. The van der Waals surface area contributed by atoms with Gasteiger partial charge >= 0.3 is 126 Å². The topological polar surface area (TPSA) is 26.3 Å². The van der Waals surface area contributed by atoms with Crippen molar-refractivity contribution in [2.75, 3.05) is 6.61 Å². The van der Waals surface area contributed by atoms with Gasteiger partial charge in [-0.3, -0.25) is 0 Å². The Morgan fingerprint density at radius 2 is 1.95 bits per heavy atom. The Balaban J connectivity index is 2.18. The van der Waals surface area contributed by atoms with Gasteiger partial charge in [-0.1, -0.05) is 0 Å². The van der Waals surface area contributed by atoms with Crippen molar-refractivity contribution >= 4 is 38.9 Å². The number of esters is 1. The van der Waals surface area contributed by atoms with E-state index in [0.29, 0.717) is 12.2 Å². The van der Waals surface area contributed by atoms with Crippen LogP contribution in [0.5, 0.6) is 0 Å². The van der Waals surface area contributed by atoms with Gasteiger partial charge in [0.2, 0.25) is 0 Å². The van der Waals surface area contributed by atoms with E-state index in [1.54, 1.807) is 24.8 Å². The van der Waals surface area contributed by atoms with E-state index in [9.17, 15) is 4.79 Å². The van der Waals surface area contributed by atoms with Crippen molar-refractivity contribution in [3.05, 3.63) is 54.1 Å². The average Bonchev–Trinajstić information content (AvgIpc) is 2.42. The number of ether oxygens (including phenoxy) is 1. The molecule has 0 amide bonds. The van der Waals surface area contributed by atoms with E-state index in [2.05, 4.69) is 29.0 Å². The molecule has 2 aromatic rings. The molecule has 19 heavy (non-hydrogen) atoms. The van der Waals surface area contributed by atoms with Gasteiger partial charge in [-0.05, 0) is 0 Å². The normalized spacial score (nSPS) is 10.2. The molecule has 0 saturated heterocycles. The van der Waals surface area contributed by atoms with Crippen LogP contribution in [0.15, 0.2) is 58.3 Å². The van der Waals surface area contributed by atoms with Crippen molar-refractivity contribution in [3.8, 4) is 0 Å². The molecule has 0 aromatic heterocycles. The third-order valence-electron chi connectivity index (χ3n) is 2.44. The molecule has 0 aliphatic rings. The molecule has 2 nitrogen and oxygen atoms in total. The quantitative estimate of drug-likeness (QED) is 0.636. The maximum absolute atomic E-state index is 11.6. The first-order valence-corrected chi connectivity index (χ1v) is 7.69. The van der Waals surface area contributed by atoms with Gasteiger partial charge < -0.3 is 0 Å². The molecule has 0 heterocycles. The zero-order valence-corrected chi connectivity index (χ0v) is 13.2. The predicted molar refractivity (Wildman–Crippen MR) is 78.4 cm³/mol. The van der Waals surface area contributed by atoms with Crippen LogP contribution in [-0.4, -0.2) is 29.4 Å². The van der Waals surface area contributed by atoms with Gasteiger partial charge in [0.25, 0.3) is 0 Å². The van der Waals surface area contributed by atoms with E-state index in [0.717, 1.165) is 9.25 Å². The van der Waals surface area contributed by atoms with Gasteiger partial charge in [0.1, 0.15) is 0 Å². The zero-order valence-electron chi connectivity index (χ0n) is 10.5. The number of carbonyl (C=O) groups excluding carboxylic acids is 1. The van der Waals surface area contributed by atoms with E-state index in [4.69, 9.17) is 4.74 Å². The zero-order chi connectivity index (χ0) is 13.7. The summed E-state index contributed by atoms with van der Waals surface area (Å²) in [7, 11) is 0. The van der Waals surface area contributed by atoms with Gasteiger partial charge in [0.15, 0.2) is 0 Å². The van der Waals surface area contributed by atoms with Gasteiger partial charge in [0.05, 0.1) is 0 Å². The molecule has 4 heteroatoms. The van der Waals surface area contributed by atoms with E-state index >= 15 is 0 Å². The molecular weight excluding hydrogens is 319 g/mol. The van der Waals surface area contributed by atoms with E-state index < -0.39 is 0 Å². The molecule has 0 bridgehead atoms. The number of rotatable bonds is 4. The van der Waals surface area contributed by atoms with E-state index in [1.165, 1.54) is 4.90 Å². The first-order valence-electron chi connectivity index (χ1n) is 5.93. The van der Waals surface area contributed by atoms with Gasteiger partial charge in [-0.2, -0.15) is 0 Å². The molecule has 0 N–H and O–H groups in total. The van der Waals surface area contributed by atoms with Crippen molar-refractivity contribution in [1.82, 2.24) is 0 Å². The number of hydrogen-bond acceptors (Lipinski definition) is 3. The Morgan fingerprint density at radius 3 is 2.58 bits per heavy atom. The third-order valence-corrected chi connectivity index (χ3v) is 4.63. The molecule has 0 unspecified atom stereocenters. The standard InChI is InChI=1S/C15H13AsO2S/c1-2-18-15(17)11-8-9-14(13(16)10-11)19-12-6-4-3-5-7-12/h3-10H,2H2,1H3. The van der Waals surface area contributed by atoms with E-state index in [1.807, 2.05) is 30.3 Å². The Morgan fingerprint density at radius 1 is 1.21 bits per heavy atom. The van der Waals surface area contributed by atoms with Crippen LogP contribution >= 0.6 is 11.8 Å². The summed E-state index contributed by atoms with van der Waals surface area (Å²) >= 11 is 4.18. The monoisotopic (exact) mass is 332 g/mol. The van der Waals surface area contributed by atoms with Crippen LogP contribution in [0.1, 0.15) is 17.3 Å². The average molecular weight is 332 g/mol. The second-order valence-electron chi connectivity index (χ2n) is 3.82. The fourth-order valence-corrected chi connectivity index (χ4v) is 3.14. The van der Waals surface area contributed by atoms with Crippen LogP contribution in [0.25, 0.3) is 0 Å². The minimum absolute atomic E-state index is 0.272. The van der Waals surface area contributed by atoms with Crippen LogP contribution in [0.4, 0.5) is 0 Å². The fourth-order valence-electron chi connectivity index (χ4n) is 1.56. The molecule has 0 fully saturated rings. The molecule has 0 saturated carbocycles. The first-order chi connectivity index (χ1) is 9.20. The second kappa shape index (κ2) is 6.83. The van der Waals surface area contributed by atoms with Crippen LogP contribution in [0.2, 0.25) is 0 Å². The predicted octanol–water partition coefficient (Wildman–Crippen LogP) is 2.81. The molecule has 0 aliphatic carbocycles. The molecule has 96 valence electrons. The SMILES string of the molecule is CCOC(=O)c1ccc(Sc2ccccc2)c([As])c1. The Bertz CT molecular complexity index is 570. The van der Waals surface area contributed by atoms with Gasteiger partial charge in [-0.25, -0.2) is 0 Å². The minimum atomic E-state index is -0.272. The second-order valence-corrected chi connectivity index (χ2v) is 5.94. The Labute approximate surface area is 126 Å². The van der Waals surface area contributed by atoms with Gasteiger partial charge in [-0.15, -0.1) is 0 Å². The molecular formula is C15H13AsO2S. The summed E-state index contributed by atoms with van der Waals surface area (Å²) in [5, 5.41) is 0. The van der Waals surface area contributed by atoms with Crippen LogP contribution in [0.3, 0.4) is 0 Å². The number of benzene rings is 2. The summed E-state index contributed by atoms with van der Waals surface area (Å²) in [5.74, 6) is -0.272. The molecule has 0 atom stereocenters. The van der Waals surface area contributed by atoms with Crippen molar-refractivity contribution < 1.29 is 9.53 Å². The summed E-state index contributed by atoms with van der Waals surface area (Å²) in [4.78, 5) is 13.9. The van der Waals surface area contributed by atoms with Crippen molar-refractivity contribution in [1.29, 1.82) is 0 Å². The first kappa shape index (κ1) is 14.2. The van der Waals surface area contributed by atoms with Gasteiger partial charge in [0, 0.05) is 0 Å². The van der Waals surface area contributed by atoms with Crippen LogP contribution in [0, 0.1) is 0 Å². The van der Waals surface area contributed by atoms with Crippen molar-refractivity contribution in [2.24, 2.45) is 0 Å². The fraction of sp³-hybridized carbons (Fsp3) is 0.133. The molecule has 0 spiro atoms. The van der Waals surface area contributed by atoms with Crippen LogP contribution in [-0.2, 0) is 4.74 Å². The van der Waals surface area contributed by atoms with E-state index in [-0.39, 0.29) is 5.97 Å². The van der Waals surface area contributed by atoms with Crippen molar-refractivity contribution in [3.63, 3.8) is 0 Å². The van der Waals surface area contributed by atoms with Crippen molar-refractivity contribution in [2.45, 2.75) is 16.7 Å². The molecule has 0 aliphatic heterocycles.